The minimum absolute atomic E-state index is 0.0452. The van der Waals surface area contributed by atoms with Crippen LogP contribution < -0.4 is 0 Å². The van der Waals surface area contributed by atoms with E-state index >= 15 is 0 Å². The van der Waals surface area contributed by atoms with Crippen LogP contribution in [0.2, 0.25) is 0 Å². The third kappa shape index (κ3) is 2.93. The van der Waals surface area contributed by atoms with E-state index in [0.29, 0.717) is 0 Å². The van der Waals surface area contributed by atoms with E-state index in [1.165, 1.54) is 60.9 Å². The molecule has 0 N–H and O–H groups in total. The number of nitrogens with zero attached hydrogens (tertiary/aromatic N) is 1. The van der Waals surface area contributed by atoms with Gasteiger partial charge in [-0.05, 0) is 75.8 Å². The summed E-state index contributed by atoms with van der Waals surface area (Å²) in [6.07, 6.45) is 0. The first-order valence-electron chi connectivity index (χ1n) is 12.1. The van der Waals surface area contributed by atoms with Crippen molar-refractivity contribution < 1.29 is 0 Å². The van der Waals surface area contributed by atoms with Crippen LogP contribution >= 0.6 is 15.9 Å². The number of hydrogen-bond acceptors (Lipinski definition) is 0. The number of para-hydroxylation sites is 2. The van der Waals surface area contributed by atoms with Crippen molar-refractivity contribution in [2.24, 2.45) is 0 Å². The van der Waals surface area contributed by atoms with Gasteiger partial charge in [-0.25, -0.2) is 0 Å². The summed E-state index contributed by atoms with van der Waals surface area (Å²) in [5.41, 5.74) is 11.6. The van der Waals surface area contributed by atoms with E-state index in [9.17, 15) is 0 Å². The average molecular weight is 514 g/mol. The lowest BCUT2D eigenvalue weighted by atomic mass is 9.81. The first-order chi connectivity index (χ1) is 17.0. The Labute approximate surface area is 213 Å². The SMILES string of the molecule is CC1(C)c2cc(Br)ccc2-c2ccc(-c3cccc4c3c3ccccc3n4-c3ccccc3)cc21. The molecule has 0 fully saturated rings. The highest BCUT2D eigenvalue weighted by Crippen LogP contribution is 2.51. The third-order valence-corrected chi connectivity index (χ3v) is 8.15. The van der Waals surface area contributed by atoms with Gasteiger partial charge in [0.05, 0.1) is 11.0 Å². The molecule has 7 rings (SSSR count). The maximum atomic E-state index is 3.68. The molecule has 0 atom stereocenters. The minimum Gasteiger partial charge on any atom is -0.309 e. The Morgan fingerprint density at radius 3 is 2.11 bits per heavy atom. The van der Waals surface area contributed by atoms with Gasteiger partial charge < -0.3 is 4.57 Å². The smallest absolute Gasteiger partial charge is 0.0547 e. The fourth-order valence-corrected chi connectivity index (χ4v) is 6.35. The Balaban J connectivity index is 1.51. The zero-order chi connectivity index (χ0) is 23.7. The van der Waals surface area contributed by atoms with Crippen LogP contribution in [0.5, 0.6) is 0 Å². The first-order valence-corrected chi connectivity index (χ1v) is 12.9. The Kier molecular flexibility index (Phi) is 4.40. The summed E-state index contributed by atoms with van der Waals surface area (Å²) >= 11 is 3.68. The van der Waals surface area contributed by atoms with Crippen LogP contribution in [0, 0.1) is 0 Å². The molecule has 168 valence electrons. The van der Waals surface area contributed by atoms with Crippen molar-refractivity contribution in [3.05, 3.63) is 125 Å². The van der Waals surface area contributed by atoms with Crippen LogP contribution in [-0.2, 0) is 5.41 Å². The van der Waals surface area contributed by atoms with Crippen LogP contribution in [0.15, 0.2) is 114 Å². The standard InChI is InChI=1S/C33H24BrN/c1-33(2)28-19-21(15-17-25(28)26-18-16-22(34)20-29(26)33)24-12-8-14-31-32(24)27-11-6-7-13-30(27)35(31)23-9-4-3-5-10-23/h3-20H,1-2H3. The lowest BCUT2D eigenvalue weighted by Crippen LogP contribution is -2.15. The predicted molar refractivity (Wildman–Crippen MR) is 151 cm³/mol. The molecule has 0 spiro atoms. The van der Waals surface area contributed by atoms with Gasteiger partial charge in [0.2, 0.25) is 0 Å². The monoisotopic (exact) mass is 513 g/mol. The molecule has 0 aliphatic heterocycles. The van der Waals surface area contributed by atoms with E-state index in [0.717, 1.165) is 4.47 Å². The minimum atomic E-state index is -0.0452. The highest BCUT2D eigenvalue weighted by Gasteiger charge is 2.35. The van der Waals surface area contributed by atoms with Crippen molar-refractivity contribution in [1.82, 2.24) is 4.57 Å². The second-order valence-electron chi connectivity index (χ2n) is 9.96. The maximum absolute atomic E-state index is 3.68. The van der Waals surface area contributed by atoms with Gasteiger partial charge in [0, 0.05) is 26.3 Å². The second-order valence-corrected chi connectivity index (χ2v) is 10.9. The summed E-state index contributed by atoms with van der Waals surface area (Å²) < 4.78 is 3.52. The molecule has 0 amide bonds. The number of fused-ring (bicyclic) bond motifs is 6. The highest BCUT2D eigenvalue weighted by molar-refractivity contribution is 9.10. The molecule has 0 bridgehead atoms. The summed E-state index contributed by atoms with van der Waals surface area (Å²) in [6, 6.07) is 39.9. The van der Waals surface area contributed by atoms with E-state index < -0.39 is 0 Å². The normalized spacial score (nSPS) is 13.8. The lowest BCUT2D eigenvalue weighted by molar-refractivity contribution is 0.660. The molecular weight excluding hydrogens is 490 g/mol. The molecule has 0 saturated heterocycles. The van der Waals surface area contributed by atoms with E-state index in [2.05, 4.69) is 144 Å². The number of benzene rings is 5. The quantitative estimate of drug-likeness (QED) is 0.217. The van der Waals surface area contributed by atoms with Gasteiger partial charge in [-0.15, -0.1) is 0 Å². The maximum Gasteiger partial charge on any atom is 0.0547 e. The van der Waals surface area contributed by atoms with Crippen LogP contribution in [0.25, 0.3) is 49.7 Å². The molecule has 2 heteroatoms. The zero-order valence-corrected chi connectivity index (χ0v) is 21.3. The van der Waals surface area contributed by atoms with Crippen LogP contribution in [0.1, 0.15) is 25.0 Å². The van der Waals surface area contributed by atoms with Crippen LogP contribution in [0.3, 0.4) is 0 Å². The molecule has 1 aromatic heterocycles. The first kappa shape index (κ1) is 20.7. The Morgan fingerprint density at radius 1 is 0.600 bits per heavy atom. The van der Waals surface area contributed by atoms with Gasteiger partial charge in [-0.1, -0.05) is 96.5 Å². The van der Waals surface area contributed by atoms with E-state index in [1.807, 2.05) is 0 Å². The summed E-state index contributed by atoms with van der Waals surface area (Å²) in [7, 11) is 0. The Bertz CT molecular complexity index is 1770. The fourth-order valence-electron chi connectivity index (χ4n) is 5.99. The van der Waals surface area contributed by atoms with E-state index in [1.54, 1.807) is 0 Å². The molecule has 6 aromatic rings. The van der Waals surface area contributed by atoms with Crippen molar-refractivity contribution in [1.29, 1.82) is 0 Å². The fraction of sp³-hybridized carbons (Fsp3) is 0.0909. The van der Waals surface area contributed by atoms with Crippen molar-refractivity contribution in [3.8, 4) is 27.9 Å². The summed E-state index contributed by atoms with van der Waals surface area (Å²) in [4.78, 5) is 0. The molecule has 1 aliphatic carbocycles. The third-order valence-electron chi connectivity index (χ3n) is 7.66. The molecule has 35 heavy (non-hydrogen) atoms. The molecule has 1 heterocycles. The zero-order valence-electron chi connectivity index (χ0n) is 19.7. The molecule has 0 saturated carbocycles. The second kappa shape index (κ2) is 7.44. The molecule has 1 nitrogen and oxygen atoms in total. The molecule has 1 aliphatic rings. The molecule has 0 radical (unpaired) electrons. The van der Waals surface area contributed by atoms with Gasteiger partial charge in [0.15, 0.2) is 0 Å². The van der Waals surface area contributed by atoms with Crippen LogP contribution in [0.4, 0.5) is 0 Å². The number of halogens is 1. The van der Waals surface area contributed by atoms with Gasteiger partial charge in [-0.2, -0.15) is 0 Å². The molecular formula is C33H24BrN. The summed E-state index contributed by atoms with van der Waals surface area (Å²) in [6.45, 7) is 4.69. The molecule has 0 unspecified atom stereocenters. The molecule has 5 aromatic carbocycles. The lowest BCUT2D eigenvalue weighted by Gasteiger charge is -2.22. The van der Waals surface area contributed by atoms with Crippen molar-refractivity contribution in [2.45, 2.75) is 19.3 Å². The van der Waals surface area contributed by atoms with E-state index in [-0.39, 0.29) is 5.41 Å². The summed E-state index contributed by atoms with van der Waals surface area (Å²) in [5, 5.41) is 2.59. The predicted octanol–water partition coefficient (Wildman–Crippen LogP) is 9.52. The van der Waals surface area contributed by atoms with Gasteiger partial charge >= 0.3 is 0 Å². The van der Waals surface area contributed by atoms with E-state index in [4.69, 9.17) is 0 Å². The van der Waals surface area contributed by atoms with Crippen LogP contribution in [-0.4, -0.2) is 4.57 Å². The number of hydrogen-bond donors (Lipinski definition) is 0. The highest BCUT2D eigenvalue weighted by atomic mass is 79.9. The van der Waals surface area contributed by atoms with Gasteiger partial charge in [0.1, 0.15) is 0 Å². The number of aromatic nitrogens is 1. The van der Waals surface area contributed by atoms with Crippen molar-refractivity contribution in [3.63, 3.8) is 0 Å². The van der Waals surface area contributed by atoms with Gasteiger partial charge in [-0.3, -0.25) is 0 Å². The van der Waals surface area contributed by atoms with Crippen molar-refractivity contribution >= 4 is 37.7 Å². The van der Waals surface area contributed by atoms with Crippen molar-refractivity contribution in [2.75, 3.05) is 0 Å². The largest absolute Gasteiger partial charge is 0.309 e. The number of rotatable bonds is 2. The topological polar surface area (TPSA) is 4.93 Å². The Morgan fingerprint density at radius 2 is 1.29 bits per heavy atom. The average Bonchev–Trinajstić information content (AvgIpc) is 3.34. The Hall–Kier alpha value is -3.62. The summed E-state index contributed by atoms with van der Waals surface area (Å²) in [5.74, 6) is 0. The van der Waals surface area contributed by atoms with Gasteiger partial charge in [0.25, 0.3) is 0 Å².